The number of esters is 1. The maximum absolute atomic E-state index is 14.0. The standard InChI is InChI=1S/C33H30ClIN2O7S/c1-5-42-25-12-11-20(16-26(25)43-6-2)29-22(32(39)41-4)17-36-33-37(29)31(38)28(45-33)15-19-13-24(35)30(27(14-19)40-3)44-18-21-9-7-8-10-23(21)34/h7-17,29H,5-6,18H2,1-4H3/b28-15-/t29-/m0/s1. The second-order valence-corrected chi connectivity index (χ2v) is 12.2. The van der Waals surface area contributed by atoms with E-state index in [9.17, 15) is 9.59 Å². The monoisotopic (exact) mass is 760 g/mol. The van der Waals surface area contributed by atoms with E-state index in [2.05, 4.69) is 27.6 Å². The van der Waals surface area contributed by atoms with Crippen molar-refractivity contribution in [3.05, 3.63) is 111 Å². The van der Waals surface area contributed by atoms with E-state index >= 15 is 0 Å². The van der Waals surface area contributed by atoms with Crippen LogP contribution in [0.25, 0.3) is 6.08 Å². The molecule has 0 amide bonds. The second-order valence-electron chi connectivity index (χ2n) is 9.66. The largest absolute Gasteiger partial charge is 0.493 e. The van der Waals surface area contributed by atoms with Gasteiger partial charge in [0, 0.05) is 16.8 Å². The van der Waals surface area contributed by atoms with E-state index in [4.69, 9.17) is 35.3 Å². The lowest BCUT2D eigenvalue weighted by atomic mass is 9.97. The van der Waals surface area contributed by atoms with Crippen molar-refractivity contribution in [2.75, 3.05) is 27.4 Å². The Bertz CT molecular complexity index is 1950. The number of fused-ring (bicyclic) bond motifs is 1. The highest BCUT2D eigenvalue weighted by Crippen LogP contribution is 2.36. The summed E-state index contributed by atoms with van der Waals surface area (Å²) < 4.78 is 31.1. The van der Waals surface area contributed by atoms with Gasteiger partial charge >= 0.3 is 5.97 Å². The molecule has 234 valence electrons. The van der Waals surface area contributed by atoms with Crippen LogP contribution in [0.5, 0.6) is 23.0 Å². The number of carbonyl (C=O) groups excluding carboxylic acids is 1. The Morgan fingerprint density at radius 1 is 1.02 bits per heavy atom. The molecule has 0 saturated heterocycles. The third-order valence-electron chi connectivity index (χ3n) is 6.89. The van der Waals surface area contributed by atoms with Crippen LogP contribution in [0.1, 0.15) is 36.6 Å². The quantitative estimate of drug-likeness (QED) is 0.144. The number of benzene rings is 3. The fraction of sp³-hybridized carbons (Fsp3) is 0.242. The molecule has 9 nitrogen and oxygen atoms in total. The molecule has 4 aromatic rings. The van der Waals surface area contributed by atoms with Crippen LogP contribution in [0.3, 0.4) is 0 Å². The van der Waals surface area contributed by atoms with Crippen molar-refractivity contribution in [1.29, 1.82) is 0 Å². The van der Waals surface area contributed by atoms with Gasteiger partial charge < -0.3 is 23.7 Å². The molecule has 45 heavy (non-hydrogen) atoms. The zero-order chi connectivity index (χ0) is 32.1. The van der Waals surface area contributed by atoms with Gasteiger partial charge in [-0.05, 0) is 84.0 Å². The van der Waals surface area contributed by atoms with Gasteiger partial charge in [0.25, 0.3) is 5.56 Å². The number of methoxy groups -OCH3 is 2. The lowest BCUT2D eigenvalue weighted by Crippen LogP contribution is -2.39. The molecular weight excluding hydrogens is 731 g/mol. The third kappa shape index (κ3) is 6.90. The Labute approximate surface area is 282 Å². The first-order valence-electron chi connectivity index (χ1n) is 14.0. The smallest absolute Gasteiger partial charge is 0.337 e. The highest BCUT2D eigenvalue weighted by atomic mass is 127. The van der Waals surface area contributed by atoms with Gasteiger partial charge in [-0.3, -0.25) is 9.36 Å². The van der Waals surface area contributed by atoms with E-state index in [1.165, 1.54) is 29.2 Å². The summed E-state index contributed by atoms with van der Waals surface area (Å²) in [7, 11) is 2.86. The van der Waals surface area contributed by atoms with Crippen LogP contribution in [-0.2, 0) is 16.1 Å². The predicted octanol–water partition coefficient (Wildman–Crippen LogP) is 5.66. The van der Waals surface area contributed by atoms with Crippen LogP contribution in [-0.4, -0.2) is 38.0 Å². The molecular formula is C33H30ClIN2O7S. The Morgan fingerprint density at radius 2 is 1.78 bits per heavy atom. The molecule has 3 aromatic carbocycles. The van der Waals surface area contributed by atoms with Gasteiger partial charge in [0.15, 0.2) is 27.8 Å². The molecule has 0 fully saturated rings. The zero-order valence-corrected chi connectivity index (χ0v) is 28.7. The summed E-state index contributed by atoms with van der Waals surface area (Å²) in [4.78, 5) is 31.8. The molecule has 12 heteroatoms. The Kier molecular flexibility index (Phi) is 10.5. The summed E-state index contributed by atoms with van der Waals surface area (Å²) in [5.74, 6) is 1.58. The van der Waals surface area contributed by atoms with E-state index in [1.807, 2.05) is 50.2 Å². The average Bonchev–Trinajstić information content (AvgIpc) is 3.35. The van der Waals surface area contributed by atoms with E-state index in [-0.39, 0.29) is 17.7 Å². The molecule has 0 unspecified atom stereocenters. The van der Waals surface area contributed by atoms with Crippen LogP contribution in [0, 0.1) is 3.57 Å². The maximum atomic E-state index is 14.0. The fourth-order valence-corrected chi connectivity index (χ4v) is 6.81. The SMILES string of the molecule is CCOc1ccc([C@H]2C(C(=O)OC)=CN=c3s/c(=C\c4cc(I)c(OCc5ccccc5Cl)c(OC)c4)c(=O)n32)cc1OCC. The molecule has 1 aliphatic heterocycles. The van der Waals surface area contributed by atoms with E-state index in [0.29, 0.717) is 56.1 Å². The van der Waals surface area contributed by atoms with Crippen molar-refractivity contribution in [2.24, 2.45) is 4.99 Å². The number of hydrogen-bond acceptors (Lipinski definition) is 9. The van der Waals surface area contributed by atoms with Crippen LogP contribution >= 0.6 is 45.5 Å². The molecule has 5 rings (SSSR count). The van der Waals surface area contributed by atoms with E-state index in [1.54, 1.807) is 31.4 Å². The Balaban J connectivity index is 1.57. The van der Waals surface area contributed by atoms with E-state index < -0.39 is 12.0 Å². The van der Waals surface area contributed by atoms with Gasteiger partial charge in [-0.2, -0.15) is 0 Å². The Morgan fingerprint density at radius 3 is 2.49 bits per heavy atom. The molecule has 0 saturated carbocycles. The summed E-state index contributed by atoms with van der Waals surface area (Å²) >= 11 is 9.71. The first-order chi connectivity index (χ1) is 21.8. The number of aromatic nitrogens is 1. The van der Waals surface area contributed by atoms with Crippen molar-refractivity contribution in [3.63, 3.8) is 0 Å². The van der Waals surface area contributed by atoms with Crippen molar-refractivity contribution >= 4 is 57.6 Å². The summed E-state index contributed by atoms with van der Waals surface area (Å²) in [5.41, 5.74) is 2.15. The fourth-order valence-electron chi connectivity index (χ4n) is 4.87. The highest BCUT2D eigenvalue weighted by Gasteiger charge is 2.31. The minimum Gasteiger partial charge on any atom is -0.493 e. The minimum atomic E-state index is -0.791. The minimum absolute atomic E-state index is 0.222. The molecule has 0 aliphatic carbocycles. The van der Waals surface area contributed by atoms with Crippen molar-refractivity contribution in [2.45, 2.75) is 26.5 Å². The number of rotatable bonds is 11. The number of halogens is 2. The third-order valence-corrected chi connectivity index (χ3v) is 9.05. The number of nitrogens with zero attached hydrogens (tertiary/aromatic N) is 2. The van der Waals surface area contributed by atoms with Gasteiger partial charge in [-0.1, -0.05) is 47.2 Å². The van der Waals surface area contributed by atoms with Crippen LogP contribution in [0.2, 0.25) is 5.02 Å². The number of carbonyl (C=O) groups is 1. The highest BCUT2D eigenvalue weighted by molar-refractivity contribution is 14.1. The van der Waals surface area contributed by atoms with E-state index in [0.717, 1.165) is 14.7 Å². The molecule has 1 aromatic heterocycles. The lowest BCUT2D eigenvalue weighted by Gasteiger charge is -2.23. The number of thiazole rings is 1. The van der Waals surface area contributed by atoms with Crippen LogP contribution in [0.15, 0.2) is 76.2 Å². The number of hydrogen-bond donors (Lipinski definition) is 0. The lowest BCUT2D eigenvalue weighted by molar-refractivity contribution is -0.136. The molecule has 1 aliphatic rings. The normalized spacial score (nSPS) is 14.2. The van der Waals surface area contributed by atoms with Gasteiger partial charge in [0.1, 0.15) is 6.61 Å². The topological polar surface area (TPSA) is 97.6 Å². The van der Waals surface area contributed by atoms with Crippen molar-refractivity contribution in [1.82, 2.24) is 4.57 Å². The average molecular weight is 761 g/mol. The molecule has 1 atom stereocenters. The molecule has 0 N–H and O–H groups in total. The summed E-state index contributed by atoms with van der Waals surface area (Å²) in [6.45, 7) is 4.90. The maximum Gasteiger partial charge on any atom is 0.337 e. The molecule has 0 spiro atoms. The van der Waals surface area contributed by atoms with Gasteiger partial charge in [0.05, 0.1) is 47.2 Å². The second kappa shape index (κ2) is 14.5. The summed E-state index contributed by atoms with van der Waals surface area (Å²) in [6.07, 6.45) is 3.23. The summed E-state index contributed by atoms with van der Waals surface area (Å²) in [5, 5.41) is 0.617. The Hall–Kier alpha value is -3.81. The summed E-state index contributed by atoms with van der Waals surface area (Å²) in [6, 6.07) is 15.8. The van der Waals surface area contributed by atoms with Crippen LogP contribution in [0.4, 0.5) is 0 Å². The van der Waals surface area contributed by atoms with Gasteiger partial charge in [-0.15, -0.1) is 0 Å². The zero-order valence-electron chi connectivity index (χ0n) is 25.0. The van der Waals surface area contributed by atoms with Crippen molar-refractivity contribution < 1.29 is 28.5 Å². The van der Waals surface area contributed by atoms with Gasteiger partial charge in [-0.25, -0.2) is 9.79 Å². The first kappa shape index (κ1) is 32.6. The first-order valence-corrected chi connectivity index (χ1v) is 16.3. The predicted molar refractivity (Wildman–Crippen MR) is 181 cm³/mol. The van der Waals surface area contributed by atoms with Gasteiger partial charge in [0.2, 0.25) is 0 Å². The molecule has 0 bridgehead atoms. The molecule has 2 heterocycles. The molecule has 0 radical (unpaired) electrons. The van der Waals surface area contributed by atoms with Crippen molar-refractivity contribution in [3.8, 4) is 23.0 Å². The van der Waals surface area contributed by atoms with Crippen LogP contribution < -0.4 is 33.8 Å². The number of ether oxygens (including phenoxy) is 5.